The lowest BCUT2D eigenvalue weighted by atomic mass is 10.1. The number of fused-ring (bicyclic) bond motifs is 1. The number of para-hydroxylation sites is 1. The van der Waals surface area contributed by atoms with Gasteiger partial charge in [0.05, 0.1) is 16.8 Å². The van der Waals surface area contributed by atoms with Crippen molar-refractivity contribution in [1.82, 2.24) is 0 Å². The van der Waals surface area contributed by atoms with Gasteiger partial charge in [-0.3, -0.25) is 9.59 Å². The predicted octanol–water partition coefficient (Wildman–Crippen LogP) is 3.29. The largest absolute Gasteiger partial charge is 0.482 e. The summed E-state index contributed by atoms with van der Waals surface area (Å²) in [5, 5.41) is 4.92. The molecule has 3 rings (SSSR count). The molecule has 1 aliphatic heterocycles. The topological polar surface area (TPSA) is 67.4 Å². The highest BCUT2D eigenvalue weighted by Gasteiger charge is 2.30. The highest BCUT2D eigenvalue weighted by molar-refractivity contribution is 6.11. The minimum atomic E-state index is -4.51. The zero-order valence-electron chi connectivity index (χ0n) is 12.1. The van der Waals surface area contributed by atoms with E-state index in [1.165, 1.54) is 18.2 Å². The number of rotatable bonds is 2. The first-order valence-electron chi connectivity index (χ1n) is 6.89. The Hall–Kier alpha value is -3.03. The van der Waals surface area contributed by atoms with Crippen LogP contribution < -0.4 is 15.4 Å². The van der Waals surface area contributed by atoms with Crippen LogP contribution in [0.1, 0.15) is 15.9 Å². The lowest BCUT2D eigenvalue weighted by molar-refractivity contribution is -0.137. The second-order valence-electron chi connectivity index (χ2n) is 5.05. The molecule has 2 aromatic rings. The van der Waals surface area contributed by atoms with E-state index in [9.17, 15) is 22.8 Å². The zero-order valence-corrected chi connectivity index (χ0v) is 12.1. The number of hydrogen-bond acceptors (Lipinski definition) is 3. The van der Waals surface area contributed by atoms with E-state index in [1.54, 1.807) is 12.1 Å². The van der Waals surface area contributed by atoms with Crippen LogP contribution >= 0.6 is 0 Å². The molecular formula is C16H11F3N2O3. The second kappa shape index (κ2) is 5.88. The second-order valence-corrected chi connectivity index (χ2v) is 5.05. The molecule has 0 aliphatic carbocycles. The maximum Gasteiger partial charge on any atom is 0.416 e. The lowest BCUT2D eigenvalue weighted by Crippen LogP contribution is -2.27. The van der Waals surface area contributed by atoms with Crippen molar-refractivity contribution < 1.29 is 27.5 Å². The van der Waals surface area contributed by atoms with Gasteiger partial charge in [0.25, 0.3) is 11.8 Å². The van der Waals surface area contributed by atoms with Crippen molar-refractivity contribution in [2.24, 2.45) is 0 Å². The van der Waals surface area contributed by atoms with Crippen LogP contribution in [0.2, 0.25) is 0 Å². The van der Waals surface area contributed by atoms with E-state index < -0.39 is 23.6 Å². The maximum absolute atomic E-state index is 12.7. The van der Waals surface area contributed by atoms with E-state index in [1.807, 2.05) is 0 Å². The van der Waals surface area contributed by atoms with Gasteiger partial charge in [0.15, 0.2) is 6.61 Å². The molecule has 0 saturated carbocycles. The van der Waals surface area contributed by atoms with E-state index in [0.717, 1.165) is 12.1 Å². The number of alkyl halides is 3. The Morgan fingerprint density at radius 1 is 1.17 bits per heavy atom. The van der Waals surface area contributed by atoms with Gasteiger partial charge < -0.3 is 15.4 Å². The molecule has 1 aliphatic rings. The van der Waals surface area contributed by atoms with Crippen LogP contribution in [0.4, 0.5) is 24.5 Å². The van der Waals surface area contributed by atoms with Crippen LogP contribution in [0.5, 0.6) is 5.75 Å². The number of anilines is 2. The fourth-order valence-corrected chi connectivity index (χ4v) is 2.26. The van der Waals surface area contributed by atoms with Crippen molar-refractivity contribution in [2.75, 3.05) is 17.2 Å². The minimum absolute atomic E-state index is 0.00418. The molecule has 0 unspecified atom stereocenters. The number of nitrogens with one attached hydrogen (secondary N) is 2. The molecule has 0 spiro atoms. The number of ether oxygens (including phenoxy) is 1. The molecule has 24 heavy (non-hydrogen) atoms. The van der Waals surface area contributed by atoms with Crippen LogP contribution in [0.15, 0.2) is 42.5 Å². The van der Waals surface area contributed by atoms with Gasteiger partial charge in [-0.15, -0.1) is 0 Å². The van der Waals surface area contributed by atoms with Crippen molar-refractivity contribution in [3.63, 3.8) is 0 Å². The molecule has 0 saturated heterocycles. The summed E-state index contributed by atoms with van der Waals surface area (Å²) in [5.74, 6) is -0.745. The summed E-state index contributed by atoms with van der Waals surface area (Å²) in [6.07, 6.45) is -4.51. The molecule has 1 heterocycles. The molecule has 2 amide bonds. The third-order valence-electron chi connectivity index (χ3n) is 3.34. The van der Waals surface area contributed by atoms with Crippen LogP contribution in [0.3, 0.4) is 0 Å². The van der Waals surface area contributed by atoms with Crippen LogP contribution in [-0.2, 0) is 11.0 Å². The molecule has 5 nitrogen and oxygen atoms in total. The van der Waals surface area contributed by atoms with E-state index in [-0.39, 0.29) is 23.5 Å². The lowest BCUT2D eigenvalue weighted by Gasteiger charge is -2.20. The fourth-order valence-electron chi connectivity index (χ4n) is 2.26. The highest BCUT2D eigenvalue weighted by Crippen LogP contribution is 2.33. The van der Waals surface area contributed by atoms with Gasteiger partial charge in [-0.05, 0) is 30.3 Å². The molecule has 2 aromatic carbocycles. The third kappa shape index (κ3) is 3.17. The first-order chi connectivity index (χ1) is 11.3. The standard InChI is InChI=1S/C16H11F3N2O3/c17-16(18,19)9-3-1-4-10(7-9)20-15(23)11-5-2-6-12-14(11)21-13(22)8-24-12/h1-7H,8H2,(H,20,23)(H,21,22). The Balaban J connectivity index is 1.88. The first kappa shape index (κ1) is 15.9. The molecule has 0 atom stereocenters. The molecule has 0 aromatic heterocycles. The van der Waals surface area contributed by atoms with Crippen molar-refractivity contribution in [3.8, 4) is 5.75 Å². The number of hydrogen-bond donors (Lipinski definition) is 2. The van der Waals surface area contributed by atoms with E-state index >= 15 is 0 Å². The molecule has 124 valence electrons. The van der Waals surface area contributed by atoms with E-state index in [4.69, 9.17) is 4.74 Å². The molecule has 8 heteroatoms. The Kier molecular flexibility index (Phi) is 3.88. The van der Waals surface area contributed by atoms with Crippen molar-refractivity contribution in [3.05, 3.63) is 53.6 Å². The SMILES string of the molecule is O=C1COc2cccc(C(=O)Nc3cccc(C(F)(F)F)c3)c2N1. The average Bonchev–Trinajstić information content (AvgIpc) is 2.53. The summed E-state index contributed by atoms with van der Waals surface area (Å²) in [5.41, 5.74) is -0.585. The summed E-state index contributed by atoms with van der Waals surface area (Å²) < 4.78 is 43.4. The van der Waals surface area contributed by atoms with Gasteiger partial charge in [0.1, 0.15) is 5.75 Å². The normalized spacial score (nSPS) is 13.5. The van der Waals surface area contributed by atoms with Gasteiger partial charge in [0, 0.05) is 5.69 Å². The zero-order chi connectivity index (χ0) is 17.3. The first-order valence-corrected chi connectivity index (χ1v) is 6.89. The minimum Gasteiger partial charge on any atom is -0.482 e. The summed E-state index contributed by atoms with van der Waals surface area (Å²) in [6, 6.07) is 8.86. The Bertz CT molecular complexity index is 818. The van der Waals surface area contributed by atoms with E-state index in [2.05, 4.69) is 10.6 Å². The number of halogens is 3. The van der Waals surface area contributed by atoms with Gasteiger partial charge in [0.2, 0.25) is 0 Å². The van der Waals surface area contributed by atoms with Gasteiger partial charge in [-0.2, -0.15) is 13.2 Å². The van der Waals surface area contributed by atoms with Gasteiger partial charge in [-0.25, -0.2) is 0 Å². The number of carbonyl (C=O) groups is 2. The van der Waals surface area contributed by atoms with E-state index in [0.29, 0.717) is 5.75 Å². The third-order valence-corrected chi connectivity index (χ3v) is 3.34. The van der Waals surface area contributed by atoms with Crippen molar-refractivity contribution in [1.29, 1.82) is 0 Å². The summed E-state index contributed by atoms with van der Waals surface area (Å²) in [4.78, 5) is 23.8. The maximum atomic E-state index is 12.7. The molecule has 0 bridgehead atoms. The average molecular weight is 336 g/mol. The summed E-state index contributed by atoms with van der Waals surface area (Å²) in [6.45, 7) is -0.161. The van der Waals surface area contributed by atoms with Gasteiger partial charge >= 0.3 is 6.18 Å². The van der Waals surface area contributed by atoms with Crippen LogP contribution in [-0.4, -0.2) is 18.4 Å². The van der Waals surface area contributed by atoms with Crippen LogP contribution in [0.25, 0.3) is 0 Å². The Labute approximate surface area is 134 Å². The van der Waals surface area contributed by atoms with Crippen LogP contribution in [0, 0.1) is 0 Å². The monoisotopic (exact) mass is 336 g/mol. The molecule has 0 fully saturated rings. The van der Waals surface area contributed by atoms with Gasteiger partial charge in [-0.1, -0.05) is 12.1 Å². The molecular weight excluding hydrogens is 325 g/mol. The van der Waals surface area contributed by atoms with Crippen molar-refractivity contribution in [2.45, 2.75) is 6.18 Å². The number of amides is 2. The van der Waals surface area contributed by atoms with Crippen molar-refractivity contribution >= 4 is 23.2 Å². The number of carbonyl (C=O) groups excluding carboxylic acids is 2. The molecule has 0 radical (unpaired) electrons. The Morgan fingerprint density at radius 2 is 1.92 bits per heavy atom. The smallest absolute Gasteiger partial charge is 0.416 e. The highest BCUT2D eigenvalue weighted by atomic mass is 19.4. The Morgan fingerprint density at radius 3 is 2.67 bits per heavy atom. The fraction of sp³-hybridized carbons (Fsp3) is 0.125. The summed E-state index contributed by atoms with van der Waals surface area (Å²) >= 11 is 0. The quantitative estimate of drug-likeness (QED) is 0.884. The summed E-state index contributed by atoms with van der Waals surface area (Å²) in [7, 11) is 0. The molecule has 2 N–H and O–H groups in total. The predicted molar refractivity (Wildman–Crippen MR) is 80.0 cm³/mol. The number of benzene rings is 2.